The van der Waals surface area contributed by atoms with E-state index in [1.54, 1.807) is 12.4 Å². The molecule has 0 aliphatic rings. The van der Waals surface area contributed by atoms with Crippen LogP contribution in [0.3, 0.4) is 0 Å². The molecular formula is C21H25N5O. The number of para-hydroxylation sites is 1. The molecule has 0 aliphatic carbocycles. The Balaban J connectivity index is 1.89. The topological polar surface area (TPSA) is 85.8 Å². The first-order valence-corrected chi connectivity index (χ1v) is 8.94. The molecule has 3 aromatic rings. The Bertz CT molecular complexity index is 897. The number of hydrogen-bond donors (Lipinski definition) is 2. The highest BCUT2D eigenvalue weighted by Gasteiger charge is 2.27. The molecule has 6 heteroatoms. The average Bonchev–Trinajstić information content (AvgIpc) is 3.10. The normalized spacial score (nSPS) is 12.6. The number of amides is 1. The third-order valence-corrected chi connectivity index (χ3v) is 4.43. The number of benzene rings is 1. The fraction of sp³-hybridized carbons (Fsp3) is 0.286. The van der Waals surface area contributed by atoms with Crippen LogP contribution in [0.15, 0.2) is 61.1 Å². The van der Waals surface area contributed by atoms with Gasteiger partial charge in [-0.2, -0.15) is 5.10 Å². The standard InChI is InChI=1S/C21H25N5O/c1-21(2,3)19(22)20(27)24-13-16-14-26(17-7-5-4-6-8-17)25-18(16)15-9-11-23-12-10-15/h4-12,14,19H,13,22H2,1-3H3,(H,24,27)/t19-/m1/s1. The monoisotopic (exact) mass is 363 g/mol. The van der Waals surface area contributed by atoms with Crippen molar-refractivity contribution in [1.82, 2.24) is 20.1 Å². The summed E-state index contributed by atoms with van der Waals surface area (Å²) >= 11 is 0. The van der Waals surface area contributed by atoms with E-state index in [1.807, 2.05) is 74.1 Å². The van der Waals surface area contributed by atoms with Gasteiger partial charge < -0.3 is 11.1 Å². The first kappa shape index (κ1) is 18.8. The average molecular weight is 363 g/mol. The molecule has 0 aliphatic heterocycles. The van der Waals surface area contributed by atoms with Crippen molar-refractivity contribution >= 4 is 5.91 Å². The summed E-state index contributed by atoms with van der Waals surface area (Å²) in [6, 6.07) is 13.1. The lowest BCUT2D eigenvalue weighted by atomic mass is 9.87. The van der Waals surface area contributed by atoms with Crippen LogP contribution in [0.1, 0.15) is 26.3 Å². The van der Waals surface area contributed by atoms with Crippen molar-refractivity contribution in [2.24, 2.45) is 11.1 Å². The maximum absolute atomic E-state index is 12.4. The predicted octanol–water partition coefficient (Wildman–Crippen LogP) is 2.92. The van der Waals surface area contributed by atoms with Gasteiger partial charge in [0.1, 0.15) is 0 Å². The number of aromatic nitrogens is 3. The van der Waals surface area contributed by atoms with Gasteiger partial charge in [0.05, 0.1) is 17.4 Å². The van der Waals surface area contributed by atoms with E-state index in [-0.39, 0.29) is 11.3 Å². The van der Waals surface area contributed by atoms with Gasteiger partial charge in [-0.15, -0.1) is 0 Å². The summed E-state index contributed by atoms with van der Waals surface area (Å²) in [5, 5.41) is 7.68. The van der Waals surface area contributed by atoms with Crippen LogP contribution in [0.2, 0.25) is 0 Å². The van der Waals surface area contributed by atoms with Crippen LogP contribution in [0.25, 0.3) is 16.9 Å². The second-order valence-corrected chi connectivity index (χ2v) is 7.58. The van der Waals surface area contributed by atoms with Crippen LogP contribution in [0, 0.1) is 5.41 Å². The Hall–Kier alpha value is -2.99. The van der Waals surface area contributed by atoms with E-state index < -0.39 is 6.04 Å². The summed E-state index contributed by atoms with van der Waals surface area (Å²) < 4.78 is 1.82. The van der Waals surface area contributed by atoms with E-state index in [0.29, 0.717) is 6.54 Å². The highest BCUT2D eigenvalue weighted by molar-refractivity contribution is 5.82. The molecule has 2 aromatic heterocycles. The lowest BCUT2D eigenvalue weighted by Crippen LogP contribution is -2.48. The number of pyridine rings is 1. The van der Waals surface area contributed by atoms with Crippen LogP contribution in [0.5, 0.6) is 0 Å². The lowest BCUT2D eigenvalue weighted by Gasteiger charge is -2.25. The van der Waals surface area contributed by atoms with Gasteiger partial charge in [0.25, 0.3) is 0 Å². The second kappa shape index (κ2) is 7.72. The van der Waals surface area contributed by atoms with Gasteiger partial charge in [-0.05, 0) is 29.7 Å². The number of carbonyl (C=O) groups is 1. The highest BCUT2D eigenvalue weighted by Crippen LogP contribution is 2.23. The maximum Gasteiger partial charge on any atom is 0.237 e. The Morgan fingerprint density at radius 1 is 1.15 bits per heavy atom. The number of carbonyl (C=O) groups excluding carboxylic acids is 1. The van der Waals surface area contributed by atoms with Gasteiger partial charge in [0, 0.05) is 36.3 Å². The highest BCUT2D eigenvalue weighted by atomic mass is 16.2. The molecule has 0 saturated carbocycles. The Morgan fingerprint density at radius 3 is 2.44 bits per heavy atom. The van der Waals surface area contributed by atoms with E-state index in [4.69, 9.17) is 10.8 Å². The predicted molar refractivity (Wildman–Crippen MR) is 106 cm³/mol. The quantitative estimate of drug-likeness (QED) is 0.730. The first-order valence-electron chi connectivity index (χ1n) is 8.94. The number of rotatable bonds is 5. The molecule has 0 radical (unpaired) electrons. The fourth-order valence-corrected chi connectivity index (χ4v) is 2.69. The molecule has 1 amide bonds. The minimum atomic E-state index is -0.578. The largest absolute Gasteiger partial charge is 0.351 e. The van der Waals surface area contributed by atoms with E-state index in [9.17, 15) is 4.79 Å². The minimum Gasteiger partial charge on any atom is -0.351 e. The molecule has 140 valence electrons. The van der Waals surface area contributed by atoms with Gasteiger partial charge >= 0.3 is 0 Å². The van der Waals surface area contributed by atoms with Gasteiger partial charge in [0.15, 0.2) is 0 Å². The van der Waals surface area contributed by atoms with E-state index in [1.165, 1.54) is 0 Å². The summed E-state index contributed by atoms with van der Waals surface area (Å²) in [5.74, 6) is -0.171. The van der Waals surface area contributed by atoms with Gasteiger partial charge in [-0.3, -0.25) is 9.78 Å². The van der Waals surface area contributed by atoms with Crippen LogP contribution < -0.4 is 11.1 Å². The molecule has 3 rings (SSSR count). The molecule has 2 heterocycles. The van der Waals surface area contributed by atoms with Crippen molar-refractivity contribution in [3.63, 3.8) is 0 Å². The molecule has 27 heavy (non-hydrogen) atoms. The molecule has 3 N–H and O–H groups in total. The van der Waals surface area contributed by atoms with Crippen molar-refractivity contribution in [2.45, 2.75) is 33.4 Å². The van der Waals surface area contributed by atoms with Crippen molar-refractivity contribution in [1.29, 1.82) is 0 Å². The minimum absolute atomic E-state index is 0.171. The molecule has 0 spiro atoms. The fourth-order valence-electron chi connectivity index (χ4n) is 2.69. The molecule has 0 saturated heterocycles. The van der Waals surface area contributed by atoms with Crippen LogP contribution in [0.4, 0.5) is 0 Å². The third kappa shape index (κ3) is 4.41. The second-order valence-electron chi connectivity index (χ2n) is 7.58. The Morgan fingerprint density at radius 2 is 1.81 bits per heavy atom. The van der Waals surface area contributed by atoms with Crippen LogP contribution in [-0.2, 0) is 11.3 Å². The summed E-state index contributed by atoms with van der Waals surface area (Å²) in [4.78, 5) is 16.5. The maximum atomic E-state index is 12.4. The van der Waals surface area contributed by atoms with E-state index in [0.717, 1.165) is 22.5 Å². The van der Waals surface area contributed by atoms with Gasteiger partial charge in [0.2, 0.25) is 5.91 Å². The van der Waals surface area contributed by atoms with E-state index in [2.05, 4.69) is 10.3 Å². The van der Waals surface area contributed by atoms with Gasteiger partial charge in [-0.1, -0.05) is 39.0 Å². The summed E-state index contributed by atoms with van der Waals surface area (Å²) in [5.41, 5.74) is 9.39. The lowest BCUT2D eigenvalue weighted by molar-refractivity contribution is -0.124. The zero-order chi connectivity index (χ0) is 19.4. The van der Waals surface area contributed by atoms with E-state index >= 15 is 0 Å². The molecule has 0 fully saturated rings. The number of nitrogens with one attached hydrogen (secondary N) is 1. The first-order chi connectivity index (χ1) is 12.9. The third-order valence-electron chi connectivity index (χ3n) is 4.43. The smallest absolute Gasteiger partial charge is 0.237 e. The summed E-state index contributed by atoms with van der Waals surface area (Å²) in [6.07, 6.45) is 5.40. The summed E-state index contributed by atoms with van der Waals surface area (Å²) in [6.45, 7) is 6.21. The van der Waals surface area contributed by atoms with Crippen molar-refractivity contribution in [2.75, 3.05) is 0 Å². The Labute approximate surface area is 159 Å². The van der Waals surface area contributed by atoms with Gasteiger partial charge in [-0.25, -0.2) is 4.68 Å². The summed E-state index contributed by atoms with van der Waals surface area (Å²) in [7, 11) is 0. The molecule has 1 aromatic carbocycles. The molecule has 0 bridgehead atoms. The van der Waals surface area contributed by atoms with Crippen LogP contribution in [-0.4, -0.2) is 26.7 Å². The SMILES string of the molecule is CC(C)(C)[C@H](N)C(=O)NCc1cn(-c2ccccc2)nc1-c1ccncc1. The molecular weight excluding hydrogens is 338 g/mol. The molecule has 1 atom stereocenters. The van der Waals surface area contributed by atoms with Crippen molar-refractivity contribution < 1.29 is 4.79 Å². The number of nitrogens with zero attached hydrogens (tertiary/aromatic N) is 3. The van der Waals surface area contributed by atoms with Crippen molar-refractivity contribution in [3.8, 4) is 16.9 Å². The number of nitrogens with two attached hydrogens (primary N) is 1. The van der Waals surface area contributed by atoms with Crippen molar-refractivity contribution in [3.05, 3.63) is 66.6 Å². The number of hydrogen-bond acceptors (Lipinski definition) is 4. The Kier molecular flexibility index (Phi) is 5.37. The zero-order valence-corrected chi connectivity index (χ0v) is 15.9. The molecule has 6 nitrogen and oxygen atoms in total. The zero-order valence-electron chi connectivity index (χ0n) is 15.9. The molecule has 0 unspecified atom stereocenters. The van der Waals surface area contributed by atoms with Crippen LogP contribution >= 0.6 is 0 Å².